The quantitative estimate of drug-likeness (QED) is 0.844. The number of halogens is 2. The van der Waals surface area contributed by atoms with Crippen molar-refractivity contribution in [1.82, 2.24) is 9.97 Å². The number of nitrogens with one attached hydrogen (secondary N) is 1. The Hall–Kier alpha value is -1.36. The topological polar surface area (TPSA) is 47.0 Å². The Morgan fingerprint density at radius 2 is 1.90 bits per heavy atom. The first-order valence-electron chi connectivity index (χ1n) is 6.13. The summed E-state index contributed by atoms with van der Waals surface area (Å²) >= 11 is 11.9. The van der Waals surface area contributed by atoms with Crippen molar-refractivity contribution in [1.29, 1.82) is 0 Å². The van der Waals surface area contributed by atoms with Crippen LogP contribution in [0.15, 0.2) is 30.3 Å². The first-order valence-corrected chi connectivity index (χ1v) is 6.88. The van der Waals surface area contributed by atoms with E-state index in [1.54, 1.807) is 13.2 Å². The Balaban J connectivity index is 2.14. The molecule has 0 aliphatic carbocycles. The molecule has 0 aliphatic rings. The predicted octanol–water partition coefficient (Wildman–Crippen LogP) is 4.10. The molecule has 0 amide bonds. The highest BCUT2D eigenvalue weighted by molar-refractivity contribution is 6.30. The largest absolute Gasteiger partial charge is 0.377 e. The number of aromatic nitrogens is 2. The number of anilines is 1. The maximum atomic E-state index is 5.97. The zero-order chi connectivity index (χ0) is 14.5. The van der Waals surface area contributed by atoms with Gasteiger partial charge < -0.3 is 10.1 Å². The molecule has 1 aromatic heterocycles. The molecular formula is C14H15Cl2N3O. The Kier molecular flexibility index (Phi) is 5.17. The third kappa shape index (κ3) is 4.07. The lowest BCUT2D eigenvalue weighted by molar-refractivity contribution is 0.178. The number of ether oxygens (including phenoxy) is 1. The molecule has 1 atom stereocenters. The number of nitrogens with zero attached hydrogens (tertiary/aromatic N) is 2. The molecule has 0 fully saturated rings. The highest BCUT2D eigenvalue weighted by atomic mass is 35.5. The van der Waals surface area contributed by atoms with Crippen molar-refractivity contribution in [3.8, 4) is 0 Å². The SMILES string of the molecule is COCc1nc(Cl)cc(NC(C)c2ccc(Cl)cc2)n1. The zero-order valence-corrected chi connectivity index (χ0v) is 12.7. The molecule has 20 heavy (non-hydrogen) atoms. The van der Waals surface area contributed by atoms with Crippen LogP contribution in [0.3, 0.4) is 0 Å². The van der Waals surface area contributed by atoms with Gasteiger partial charge in [0, 0.05) is 24.2 Å². The van der Waals surface area contributed by atoms with Crippen LogP contribution in [0.4, 0.5) is 5.82 Å². The molecule has 0 aliphatic heterocycles. The molecule has 1 N–H and O–H groups in total. The third-order valence-electron chi connectivity index (χ3n) is 2.75. The standard InChI is InChI=1S/C14H15Cl2N3O/c1-9(10-3-5-11(15)6-4-10)17-13-7-12(16)18-14(19-13)8-20-2/h3-7,9H,8H2,1-2H3,(H,17,18,19). The van der Waals surface area contributed by atoms with Gasteiger partial charge in [-0.2, -0.15) is 0 Å². The molecule has 6 heteroatoms. The monoisotopic (exact) mass is 311 g/mol. The van der Waals surface area contributed by atoms with Gasteiger partial charge in [-0.1, -0.05) is 35.3 Å². The minimum absolute atomic E-state index is 0.0774. The number of methoxy groups -OCH3 is 1. The van der Waals surface area contributed by atoms with E-state index in [4.69, 9.17) is 27.9 Å². The number of hydrogen-bond donors (Lipinski definition) is 1. The van der Waals surface area contributed by atoms with Gasteiger partial charge in [-0.15, -0.1) is 0 Å². The fraction of sp³-hybridized carbons (Fsp3) is 0.286. The molecule has 0 saturated carbocycles. The third-order valence-corrected chi connectivity index (χ3v) is 3.19. The molecule has 4 nitrogen and oxygen atoms in total. The highest BCUT2D eigenvalue weighted by Gasteiger charge is 2.08. The minimum Gasteiger partial charge on any atom is -0.377 e. The van der Waals surface area contributed by atoms with Gasteiger partial charge in [0.1, 0.15) is 17.6 Å². The normalized spacial score (nSPS) is 12.2. The maximum Gasteiger partial charge on any atom is 0.158 e. The summed E-state index contributed by atoms with van der Waals surface area (Å²) in [7, 11) is 1.59. The van der Waals surface area contributed by atoms with Gasteiger partial charge in [0.2, 0.25) is 0 Å². The molecule has 1 heterocycles. The van der Waals surface area contributed by atoms with E-state index in [-0.39, 0.29) is 6.04 Å². The smallest absolute Gasteiger partial charge is 0.158 e. The lowest BCUT2D eigenvalue weighted by Crippen LogP contribution is -2.09. The van der Waals surface area contributed by atoms with Crippen molar-refractivity contribution in [3.63, 3.8) is 0 Å². The van der Waals surface area contributed by atoms with Crippen molar-refractivity contribution in [2.75, 3.05) is 12.4 Å². The van der Waals surface area contributed by atoms with Crippen LogP contribution < -0.4 is 5.32 Å². The molecule has 0 radical (unpaired) electrons. The van der Waals surface area contributed by atoms with Crippen molar-refractivity contribution < 1.29 is 4.74 Å². The Morgan fingerprint density at radius 1 is 1.20 bits per heavy atom. The predicted molar refractivity (Wildman–Crippen MR) is 81.2 cm³/mol. The molecule has 2 aromatic rings. The fourth-order valence-corrected chi connectivity index (χ4v) is 2.12. The van der Waals surface area contributed by atoms with Crippen LogP contribution in [0, 0.1) is 0 Å². The highest BCUT2D eigenvalue weighted by Crippen LogP contribution is 2.21. The van der Waals surface area contributed by atoms with E-state index in [0.717, 1.165) is 5.56 Å². The zero-order valence-electron chi connectivity index (χ0n) is 11.2. The van der Waals surface area contributed by atoms with Crippen LogP contribution in [-0.4, -0.2) is 17.1 Å². The molecule has 0 spiro atoms. The van der Waals surface area contributed by atoms with E-state index in [0.29, 0.717) is 28.4 Å². The number of rotatable bonds is 5. The average molecular weight is 312 g/mol. The minimum atomic E-state index is 0.0774. The summed E-state index contributed by atoms with van der Waals surface area (Å²) in [6.07, 6.45) is 0. The van der Waals surface area contributed by atoms with Gasteiger partial charge >= 0.3 is 0 Å². The summed E-state index contributed by atoms with van der Waals surface area (Å²) in [5.74, 6) is 1.21. The summed E-state index contributed by atoms with van der Waals surface area (Å²) in [6, 6.07) is 9.43. The van der Waals surface area contributed by atoms with Gasteiger partial charge in [0.25, 0.3) is 0 Å². The molecule has 106 valence electrons. The summed E-state index contributed by atoms with van der Waals surface area (Å²) in [5, 5.41) is 4.39. The van der Waals surface area contributed by atoms with Crippen molar-refractivity contribution >= 4 is 29.0 Å². The molecule has 0 saturated heterocycles. The first-order chi connectivity index (χ1) is 9.58. The van der Waals surface area contributed by atoms with Gasteiger partial charge in [0.15, 0.2) is 5.82 Å². The molecular weight excluding hydrogens is 297 g/mol. The van der Waals surface area contributed by atoms with E-state index in [9.17, 15) is 0 Å². The summed E-state index contributed by atoms with van der Waals surface area (Å²) in [6.45, 7) is 2.36. The van der Waals surface area contributed by atoms with Crippen molar-refractivity contribution in [2.45, 2.75) is 19.6 Å². The van der Waals surface area contributed by atoms with Crippen molar-refractivity contribution in [2.24, 2.45) is 0 Å². The van der Waals surface area contributed by atoms with Crippen LogP contribution in [-0.2, 0) is 11.3 Å². The van der Waals surface area contributed by atoms with Gasteiger partial charge in [-0.25, -0.2) is 9.97 Å². The van der Waals surface area contributed by atoms with E-state index < -0.39 is 0 Å². The second-order valence-electron chi connectivity index (χ2n) is 4.34. The van der Waals surface area contributed by atoms with E-state index >= 15 is 0 Å². The second kappa shape index (κ2) is 6.88. The van der Waals surface area contributed by atoms with Crippen LogP contribution in [0.2, 0.25) is 10.2 Å². The van der Waals surface area contributed by atoms with Crippen molar-refractivity contribution in [3.05, 3.63) is 51.9 Å². The van der Waals surface area contributed by atoms with Crippen LogP contribution in [0.1, 0.15) is 24.4 Å². The Morgan fingerprint density at radius 3 is 2.55 bits per heavy atom. The summed E-state index contributed by atoms with van der Waals surface area (Å²) in [4.78, 5) is 8.44. The Bertz CT molecular complexity index is 575. The van der Waals surface area contributed by atoms with E-state index in [1.807, 2.05) is 31.2 Å². The number of benzene rings is 1. The van der Waals surface area contributed by atoms with Crippen LogP contribution >= 0.6 is 23.2 Å². The van der Waals surface area contributed by atoms with Crippen LogP contribution in [0.5, 0.6) is 0 Å². The maximum absolute atomic E-state index is 5.97. The second-order valence-corrected chi connectivity index (χ2v) is 5.17. The molecule has 1 aromatic carbocycles. The number of hydrogen-bond acceptors (Lipinski definition) is 4. The van der Waals surface area contributed by atoms with E-state index in [1.165, 1.54) is 0 Å². The molecule has 1 unspecified atom stereocenters. The summed E-state index contributed by atoms with van der Waals surface area (Å²) < 4.78 is 5.01. The summed E-state index contributed by atoms with van der Waals surface area (Å²) in [5.41, 5.74) is 1.11. The van der Waals surface area contributed by atoms with Gasteiger partial charge in [-0.05, 0) is 24.6 Å². The molecule has 2 rings (SSSR count). The Labute approximate surface area is 128 Å². The lowest BCUT2D eigenvalue weighted by Gasteiger charge is -2.15. The fourth-order valence-electron chi connectivity index (χ4n) is 1.79. The van der Waals surface area contributed by atoms with Crippen LogP contribution in [0.25, 0.3) is 0 Å². The molecule has 0 bridgehead atoms. The average Bonchev–Trinajstić information content (AvgIpc) is 2.39. The van der Waals surface area contributed by atoms with E-state index in [2.05, 4.69) is 15.3 Å². The first kappa shape index (κ1) is 15.0. The van der Waals surface area contributed by atoms with Gasteiger partial charge in [0.05, 0.1) is 0 Å². The lowest BCUT2D eigenvalue weighted by atomic mass is 10.1. The van der Waals surface area contributed by atoms with Gasteiger partial charge in [-0.3, -0.25) is 0 Å².